The molecular weight excluding hydrogens is 545 g/mol. The van der Waals surface area contributed by atoms with Crippen molar-refractivity contribution in [1.82, 2.24) is 34.9 Å². The zero-order valence-corrected chi connectivity index (χ0v) is 25.0. The number of fused-ring (bicyclic) bond motifs is 1. The molecule has 0 atom stereocenters. The number of benzene rings is 2. The van der Waals surface area contributed by atoms with Crippen molar-refractivity contribution in [2.45, 2.75) is 45.6 Å². The summed E-state index contributed by atoms with van der Waals surface area (Å²) in [4.78, 5) is 34.2. The molecule has 0 radical (unpaired) electrons. The smallest absolute Gasteiger partial charge is 0.238 e. The molecule has 1 aliphatic rings. The van der Waals surface area contributed by atoms with Crippen LogP contribution in [0.25, 0.3) is 33.7 Å². The second-order valence-corrected chi connectivity index (χ2v) is 12.3. The fourth-order valence-corrected chi connectivity index (χ4v) is 5.24. The van der Waals surface area contributed by atoms with Crippen molar-refractivity contribution < 1.29 is 13.7 Å². The van der Waals surface area contributed by atoms with E-state index in [-0.39, 0.29) is 35.7 Å². The van der Waals surface area contributed by atoms with Crippen molar-refractivity contribution in [2.75, 3.05) is 33.2 Å². The second-order valence-electron chi connectivity index (χ2n) is 12.3. The molecule has 0 amide bonds. The predicted octanol–water partition coefficient (Wildman–Crippen LogP) is 5.67. The molecule has 9 nitrogen and oxygen atoms in total. The van der Waals surface area contributed by atoms with Gasteiger partial charge >= 0.3 is 0 Å². The van der Waals surface area contributed by atoms with Gasteiger partial charge in [0.05, 0.1) is 5.52 Å². The van der Waals surface area contributed by atoms with Crippen LogP contribution in [0.15, 0.2) is 59.3 Å². The Bertz CT molecular complexity index is 1750. The summed E-state index contributed by atoms with van der Waals surface area (Å²) in [5.74, 6) is 0.481. The molecule has 1 saturated heterocycles. The zero-order valence-electron chi connectivity index (χ0n) is 25.0. The van der Waals surface area contributed by atoms with E-state index in [0.717, 1.165) is 49.4 Å². The van der Waals surface area contributed by atoms with E-state index >= 15 is 4.39 Å². The summed E-state index contributed by atoms with van der Waals surface area (Å²) >= 11 is 0. The Hall–Kier alpha value is -4.28. The molecule has 6 rings (SSSR count). The van der Waals surface area contributed by atoms with Gasteiger partial charge in [-0.1, -0.05) is 62.3 Å². The Morgan fingerprint density at radius 1 is 1.00 bits per heavy atom. The molecule has 1 fully saturated rings. The molecule has 1 N–H and O–H groups in total. The highest BCUT2D eigenvalue weighted by atomic mass is 19.1. The number of aromatic nitrogens is 5. The average Bonchev–Trinajstić information content (AvgIpc) is 3.66. The molecule has 3 aromatic heterocycles. The van der Waals surface area contributed by atoms with Crippen LogP contribution in [0.4, 0.5) is 4.39 Å². The summed E-state index contributed by atoms with van der Waals surface area (Å²) in [6.07, 6.45) is 1.99. The van der Waals surface area contributed by atoms with Crippen LogP contribution in [0, 0.1) is 5.82 Å². The van der Waals surface area contributed by atoms with E-state index in [1.165, 1.54) is 11.6 Å². The van der Waals surface area contributed by atoms with Crippen molar-refractivity contribution >= 4 is 16.9 Å². The number of carbonyl (C=O) groups excluding carboxylic acids is 1. The Labute approximate surface area is 250 Å². The summed E-state index contributed by atoms with van der Waals surface area (Å²) in [7, 11) is 2.16. The van der Waals surface area contributed by atoms with Crippen LogP contribution in [-0.2, 0) is 18.4 Å². The molecule has 0 unspecified atom stereocenters. The predicted molar refractivity (Wildman–Crippen MR) is 163 cm³/mol. The van der Waals surface area contributed by atoms with Crippen LogP contribution in [-0.4, -0.2) is 73.9 Å². The summed E-state index contributed by atoms with van der Waals surface area (Å²) in [5.41, 5.74) is 5.15. The van der Waals surface area contributed by atoms with Gasteiger partial charge in [0.1, 0.15) is 11.6 Å². The van der Waals surface area contributed by atoms with E-state index in [0.29, 0.717) is 28.5 Å². The number of Topliss-reactive ketones (excluding diaryl/α,β-unsaturated/α-hetero) is 1. The van der Waals surface area contributed by atoms with Crippen molar-refractivity contribution in [1.29, 1.82) is 0 Å². The molecule has 5 aromatic rings. The van der Waals surface area contributed by atoms with Crippen LogP contribution in [0.3, 0.4) is 0 Å². The zero-order chi connectivity index (χ0) is 30.1. The SMILES string of the molecule is CN1CCN(Cc2ccc(-c3nc4nccc(-c5ccc(CCC(=O)c6noc(C(C)(C)C)n6)c(F)c5)c4[nH]3)cc2)CC1. The molecule has 222 valence electrons. The summed E-state index contributed by atoms with van der Waals surface area (Å²) in [5, 5.41) is 3.81. The third kappa shape index (κ3) is 6.40. The first-order valence-corrected chi connectivity index (χ1v) is 14.7. The van der Waals surface area contributed by atoms with Gasteiger partial charge in [-0.05, 0) is 42.3 Å². The Morgan fingerprint density at radius 2 is 1.74 bits per heavy atom. The highest BCUT2D eigenvalue weighted by Gasteiger charge is 2.24. The molecule has 4 heterocycles. The number of ketones is 1. The number of hydrogen-bond acceptors (Lipinski definition) is 8. The largest absolute Gasteiger partial charge is 0.338 e. The van der Waals surface area contributed by atoms with Gasteiger partial charge in [0.25, 0.3) is 0 Å². The first-order valence-electron chi connectivity index (χ1n) is 14.7. The number of imidazole rings is 1. The van der Waals surface area contributed by atoms with Gasteiger partial charge in [0.2, 0.25) is 17.5 Å². The van der Waals surface area contributed by atoms with Gasteiger partial charge in [-0.3, -0.25) is 9.69 Å². The van der Waals surface area contributed by atoms with Crippen molar-refractivity contribution in [3.8, 4) is 22.5 Å². The fraction of sp³-hybridized carbons (Fsp3) is 0.364. The third-order valence-electron chi connectivity index (χ3n) is 7.92. The maximum Gasteiger partial charge on any atom is 0.238 e. The summed E-state index contributed by atoms with van der Waals surface area (Å²) in [6, 6.07) is 15.4. The number of nitrogens with one attached hydrogen (secondary N) is 1. The highest BCUT2D eigenvalue weighted by Crippen LogP contribution is 2.30. The summed E-state index contributed by atoms with van der Waals surface area (Å²) in [6.45, 7) is 11.1. The van der Waals surface area contributed by atoms with E-state index in [9.17, 15) is 4.79 Å². The minimum Gasteiger partial charge on any atom is -0.338 e. The molecule has 1 aliphatic heterocycles. The topological polar surface area (TPSA) is 104 Å². The first-order chi connectivity index (χ1) is 20.6. The van der Waals surface area contributed by atoms with E-state index in [1.807, 2.05) is 32.9 Å². The first kappa shape index (κ1) is 28.8. The molecule has 0 aliphatic carbocycles. The minimum absolute atomic E-state index is 0.0286. The van der Waals surface area contributed by atoms with Gasteiger partial charge < -0.3 is 14.4 Å². The van der Waals surface area contributed by atoms with Gasteiger partial charge in [-0.15, -0.1) is 0 Å². The van der Waals surface area contributed by atoms with Crippen molar-refractivity contribution in [2.24, 2.45) is 0 Å². The number of carbonyl (C=O) groups is 1. The van der Waals surface area contributed by atoms with Crippen LogP contribution in [0.2, 0.25) is 0 Å². The van der Waals surface area contributed by atoms with Gasteiger partial charge in [-0.2, -0.15) is 4.98 Å². The Kier molecular flexibility index (Phi) is 7.89. The Morgan fingerprint density at radius 3 is 2.44 bits per heavy atom. The van der Waals surface area contributed by atoms with Crippen LogP contribution in [0.1, 0.15) is 54.8 Å². The van der Waals surface area contributed by atoms with Gasteiger partial charge in [0, 0.05) is 61.9 Å². The number of piperazine rings is 1. The minimum atomic E-state index is -0.380. The van der Waals surface area contributed by atoms with Gasteiger partial charge in [0.15, 0.2) is 5.65 Å². The van der Waals surface area contributed by atoms with E-state index < -0.39 is 0 Å². The number of nitrogens with zero attached hydrogens (tertiary/aromatic N) is 6. The molecule has 2 aromatic carbocycles. The highest BCUT2D eigenvalue weighted by molar-refractivity contribution is 5.93. The lowest BCUT2D eigenvalue weighted by atomic mass is 9.97. The molecule has 0 saturated carbocycles. The van der Waals surface area contributed by atoms with E-state index in [1.54, 1.807) is 12.3 Å². The lowest BCUT2D eigenvalue weighted by Gasteiger charge is -2.32. The number of likely N-dealkylation sites (N-methyl/N-ethyl adjacent to an activating group) is 1. The lowest BCUT2D eigenvalue weighted by Crippen LogP contribution is -2.43. The monoisotopic (exact) mass is 581 g/mol. The van der Waals surface area contributed by atoms with Gasteiger partial charge in [-0.25, -0.2) is 14.4 Å². The lowest BCUT2D eigenvalue weighted by molar-refractivity contribution is 0.0969. The Balaban J connectivity index is 1.16. The number of H-pyrrole nitrogens is 1. The average molecular weight is 582 g/mol. The quantitative estimate of drug-likeness (QED) is 0.234. The normalized spacial score (nSPS) is 14.9. The maximum atomic E-state index is 15.2. The van der Waals surface area contributed by atoms with Crippen molar-refractivity contribution in [3.05, 3.63) is 83.4 Å². The standard InChI is InChI=1S/C33H36FN7O2/c1-33(2,3)32-38-30(39-43-32)27(42)12-11-22-9-10-24(19-26(22)34)25-13-14-35-31-28(25)36-29(37-31)23-7-5-21(6-8-23)20-41-17-15-40(4)16-18-41/h5-10,13-14,19H,11-12,15-18,20H2,1-4H3,(H,35,36,37). The van der Waals surface area contributed by atoms with Crippen LogP contribution in [0.5, 0.6) is 0 Å². The number of halogens is 1. The van der Waals surface area contributed by atoms with Crippen LogP contribution >= 0.6 is 0 Å². The second kappa shape index (κ2) is 11.8. The van der Waals surface area contributed by atoms with Crippen molar-refractivity contribution in [3.63, 3.8) is 0 Å². The number of pyridine rings is 1. The summed E-state index contributed by atoms with van der Waals surface area (Å²) < 4.78 is 20.5. The van der Waals surface area contributed by atoms with E-state index in [2.05, 4.69) is 61.2 Å². The van der Waals surface area contributed by atoms with Crippen LogP contribution < -0.4 is 0 Å². The molecule has 0 spiro atoms. The third-order valence-corrected chi connectivity index (χ3v) is 7.92. The fourth-order valence-electron chi connectivity index (χ4n) is 5.24. The molecule has 43 heavy (non-hydrogen) atoms. The van der Waals surface area contributed by atoms with E-state index in [4.69, 9.17) is 9.51 Å². The molecule has 0 bridgehead atoms. The number of aryl methyl sites for hydroxylation is 1. The number of rotatable bonds is 8. The molecular formula is C33H36FN7O2. The number of hydrogen-bond donors (Lipinski definition) is 1. The maximum absolute atomic E-state index is 15.2. The number of aromatic amines is 1. The molecule has 10 heteroatoms.